The third-order valence-corrected chi connectivity index (χ3v) is 4.90. The van der Waals surface area contributed by atoms with E-state index in [1.165, 1.54) is 0 Å². The van der Waals surface area contributed by atoms with Crippen LogP contribution in [0.3, 0.4) is 0 Å². The van der Waals surface area contributed by atoms with Crippen LogP contribution in [-0.4, -0.2) is 25.4 Å². The van der Waals surface area contributed by atoms with Crippen molar-refractivity contribution in [3.63, 3.8) is 0 Å². The number of fused-ring (bicyclic) bond motifs is 1. The first kappa shape index (κ1) is 22.2. The van der Waals surface area contributed by atoms with Crippen LogP contribution in [0.5, 0.6) is 5.75 Å². The van der Waals surface area contributed by atoms with E-state index >= 15 is 0 Å². The molecule has 3 rings (SSSR count). The van der Waals surface area contributed by atoms with Crippen molar-refractivity contribution in [2.24, 2.45) is 0 Å². The van der Waals surface area contributed by atoms with Crippen molar-refractivity contribution in [3.8, 4) is 5.75 Å². The van der Waals surface area contributed by atoms with Gasteiger partial charge in [0.2, 0.25) is 0 Å². The van der Waals surface area contributed by atoms with Crippen molar-refractivity contribution in [1.29, 1.82) is 0 Å². The molecule has 3 aromatic rings. The highest BCUT2D eigenvalue weighted by Gasteiger charge is 2.19. The van der Waals surface area contributed by atoms with Gasteiger partial charge in [-0.15, -0.1) is 12.4 Å². The fourth-order valence-corrected chi connectivity index (χ4v) is 3.32. The standard InChI is InChI=1S/C21H22ClNO4.ClH/c1-13-15-11-18(22)19(24)17(12-23-8-9-26-2)20(15)27-21(25)16(13)10-14-6-4-3-5-7-14;/h3-7,11,23-24H,8-10,12H2,1-2H3;1H. The number of aromatic hydroxyl groups is 1. The lowest BCUT2D eigenvalue weighted by molar-refractivity contribution is 0.199. The summed E-state index contributed by atoms with van der Waals surface area (Å²) >= 11 is 6.23. The van der Waals surface area contributed by atoms with Crippen LogP contribution in [0.25, 0.3) is 11.0 Å². The molecular formula is C21H23Cl2NO4. The maximum absolute atomic E-state index is 12.7. The number of ether oxygens (including phenoxy) is 1. The first-order valence-electron chi connectivity index (χ1n) is 8.73. The quantitative estimate of drug-likeness (QED) is 0.439. The second-order valence-corrected chi connectivity index (χ2v) is 6.79. The molecule has 7 heteroatoms. The second kappa shape index (κ2) is 9.94. The molecule has 1 aromatic heterocycles. The number of hydrogen-bond acceptors (Lipinski definition) is 5. The highest BCUT2D eigenvalue weighted by molar-refractivity contribution is 6.33. The molecule has 5 nitrogen and oxygen atoms in total. The maximum atomic E-state index is 12.7. The predicted molar refractivity (Wildman–Crippen MR) is 114 cm³/mol. The monoisotopic (exact) mass is 423 g/mol. The molecule has 1 heterocycles. The van der Waals surface area contributed by atoms with E-state index < -0.39 is 5.63 Å². The van der Waals surface area contributed by atoms with Gasteiger partial charge in [0, 0.05) is 37.6 Å². The zero-order valence-corrected chi connectivity index (χ0v) is 17.3. The predicted octanol–water partition coefficient (Wildman–Crippen LogP) is 4.21. The maximum Gasteiger partial charge on any atom is 0.340 e. The zero-order chi connectivity index (χ0) is 19.4. The Morgan fingerprint density at radius 1 is 1.21 bits per heavy atom. The van der Waals surface area contributed by atoms with Crippen molar-refractivity contribution in [2.45, 2.75) is 19.9 Å². The molecule has 0 aliphatic carbocycles. The molecule has 0 bridgehead atoms. The number of halogens is 2. The van der Waals surface area contributed by atoms with E-state index in [-0.39, 0.29) is 23.2 Å². The number of rotatable bonds is 7. The van der Waals surface area contributed by atoms with Gasteiger partial charge in [-0.25, -0.2) is 4.79 Å². The Morgan fingerprint density at radius 3 is 2.61 bits per heavy atom. The summed E-state index contributed by atoms with van der Waals surface area (Å²) in [7, 11) is 1.62. The van der Waals surface area contributed by atoms with Crippen molar-refractivity contribution in [1.82, 2.24) is 5.32 Å². The number of benzene rings is 2. The summed E-state index contributed by atoms with van der Waals surface area (Å²) in [5.74, 6) is -0.0764. The van der Waals surface area contributed by atoms with Gasteiger partial charge in [-0.2, -0.15) is 0 Å². The molecule has 0 radical (unpaired) electrons. The third-order valence-electron chi connectivity index (χ3n) is 4.61. The summed E-state index contributed by atoms with van der Waals surface area (Å²) in [6, 6.07) is 11.4. The van der Waals surface area contributed by atoms with Crippen molar-refractivity contribution < 1.29 is 14.3 Å². The van der Waals surface area contributed by atoms with Gasteiger partial charge in [0.25, 0.3) is 0 Å². The molecule has 0 fully saturated rings. The number of nitrogens with one attached hydrogen (secondary N) is 1. The summed E-state index contributed by atoms with van der Waals surface area (Å²) < 4.78 is 10.6. The first-order valence-corrected chi connectivity index (χ1v) is 9.11. The van der Waals surface area contributed by atoms with Crippen LogP contribution in [-0.2, 0) is 17.7 Å². The summed E-state index contributed by atoms with van der Waals surface area (Å²) in [6.07, 6.45) is 0.477. The fraction of sp³-hybridized carbons (Fsp3) is 0.286. The number of aryl methyl sites for hydroxylation is 1. The lowest BCUT2D eigenvalue weighted by atomic mass is 9.98. The Hall–Kier alpha value is -2.05. The summed E-state index contributed by atoms with van der Waals surface area (Å²) in [6.45, 7) is 3.32. The van der Waals surface area contributed by atoms with Gasteiger partial charge in [0.1, 0.15) is 11.3 Å². The van der Waals surface area contributed by atoms with E-state index in [1.54, 1.807) is 13.2 Å². The smallest absolute Gasteiger partial charge is 0.340 e. The van der Waals surface area contributed by atoms with Gasteiger partial charge in [-0.1, -0.05) is 41.9 Å². The van der Waals surface area contributed by atoms with Gasteiger partial charge in [0.05, 0.1) is 17.2 Å². The molecule has 28 heavy (non-hydrogen) atoms. The number of phenols is 1. The zero-order valence-electron chi connectivity index (χ0n) is 15.8. The Kier molecular flexibility index (Phi) is 7.89. The van der Waals surface area contributed by atoms with E-state index in [0.717, 1.165) is 16.5 Å². The molecule has 0 aliphatic heterocycles. The Balaban J connectivity index is 0.00000280. The Labute approximate surface area is 174 Å². The molecule has 0 unspecified atom stereocenters. The molecule has 0 aliphatic rings. The van der Waals surface area contributed by atoms with Gasteiger partial charge >= 0.3 is 5.63 Å². The lowest BCUT2D eigenvalue weighted by Crippen LogP contribution is -2.19. The summed E-state index contributed by atoms with van der Waals surface area (Å²) in [4.78, 5) is 12.7. The fourth-order valence-electron chi connectivity index (χ4n) is 3.10. The van der Waals surface area contributed by atoms with E-state index in [1.807, 2.05) is 37.3 Å². The highest BCUT2D eigenvalue weighted by Crippen LogP contribution is 2.36. The summed E-state index contributed by atoms with van der Waals surface area (Å²) in [5.41, 5.74) is 2.86. The molecule has 0 saturated carbocycles. The number of phenolic OH excluding ortho intramolecular Hbond substituents is 1. The average Bonchev–Trinajstić information content (AvgIpc) is 2.67. The highest BCUT2D eigenvalue weighted by atomic mass is 35.5. The molecule has 150 valence electrons. The van der Waals surface area contributed by atoms with Crippen LogP contribution in [0.2, 0.25) is 5.02 Å². The molecule has 2 N–H and O–H groups in total. The van der Waals surface area contributed by atoms with Crippen LogP contribution in [0, 0.1) is 6.92 Å². The number of hydrogen-bond donors (Lipinski definition) is 2. The van der Waals surface area contributed by atoms with Crippen molar-refractivity contribution >= 4 is 35.0 Å². The molecule has 0 atom stereocenters. The topological polar surface area (TPSA) is 71.7 Å². The second-order valence-electron chi connectivity index (χ2n) is 6.39. The Bertz CT molecular complexity index is 1000. The van der Waals surface area contributed by atoms with Gasteiger partial charge < -0.3 is 19.6 Å². The van der Waals surface area contributed by atoms with Crippen molar-refractivity contribution in [3.05, 3.63) is 74.1 Å². The van der Waals surface area contributed by atoms with Crippen LogP contribution in [0.4, 0.5) is 0 Å². The van der Waals surface area contributed by atoms with Gasteiger partial charge in [-0.05, 0) is 24.1 Å². The van der Waals surface area contributed by atoms with Crippen LogP contribution >= 0.6 is 24.0 Å². The lowest BCUT2D eigenvalue weighted by Gasteiger charge is -2.14. The van der Waals surface area contributed by atoms with Gasteiger partial charge in [0.15, 0.2) is 0 Å². The first-order chi connectivity index (χ1) is 13.0. The molecule has 0 saturated heterocycles. The van der Waals surface area contributed by atoms with Crippen LogP contribution in [0.1, 0.15) is 22.3 Å². The van der Waals surface area contributed by atoms with Gasteiger partial charge in [-0.3, -0.25) is 0 Å². The van der Waals surface area contributed by atoms with Crippen LogP contribution in [0.15, 0.2) is 45.6 Å². The molecule has 0 amide bonds. The van der Waals surface area contributed by atoms with Crippen molar-refractivity contribution in [2.75, 3.05) is 20.3 Å². The minimum atomic E-state index is -0.399. The van der Waals surface area contributed by atoms with E-state index in [2.05, 4.69) is 5.32 Å². The number of methoxy groups -OCH3 is 1. The van der Waals surface area contributed by atoms with E-state index in [9.17, 15) is 9.90 Å². The summed E-state index contributed by atoms with van der Waals surface area (Å²) in [5, 5.41) is 14.5. The Morgan fingerprint density at radius 2 is 1.93 bits per heavy atom. The molecule has 0 spiro atoms. The largest absolute Gasteiger partial charge is 0.506 e. The minimum absolute atomic E-state index is 0. The average molecular weight is 424 g/mol. The minimum Gasteiger partial charge on any atom is -0.506 e. The molecule has 2 aromatic carbocycles. The third kappa shape index (κ3) is 4.67. The SMILES string of the molecule is COCCNCc1c(O)c(Cl)cc2c(C)c(Cc3ccccc3)c(=O)oc12.Cl. The van der Waals surface area contributed by atoms with Crippen LogP contribution < -0.4 is 10.9 Å². The van der Waals surface area contributed by atoms with E-state index in [4.69, 9.17) is 20.8 Å². The normalized spacial score (nSPS) is 10.8. The molecular weight excluding hydrogens is 401 g/mol. The van der Waals surface area contributed by atoms with E-state index in [0.29, 0.717) is 42.8 Å².